The molecule has 1 N–H and O–H groups in total. The van der Waals surface area contributed by atoms with E-state index in [0.717, 1.165) is 17.6 Å². The van der Waals surface area contributed by atoms with Gasteiger partial charge in [-0.05, 0) is 39.8 Å². The molecule has 0 bridgehead atoms. The van der Waals surface area contributed by atoms with Crippen LogP contribution < -0.4 is 15.0 Å². The number of halogens is 2. The van der Waals surface area contributed by atoms with Crippen molar-refractivity contribution in [2.75, 3.05) is 29.9 Å². The van der Waals surface area contributed by atoms with Crippen molar-refractivity contribution in [1.82, 2.24) is 14.3 Å². The minimum atomic E-state index is -3.37. The van der Waals surface area contributed by atoms with Gasteiger partial charge in [-0.3, -0.25) is 0 Å². The standard InChI is InChI=1S/C24H33F2N5O3S/c1-15(2)27-23-24(29-20-9-12-31(14-21(20)28-23)35(32,33)16(3)4)30-10-7-18(8-11-30)34-22-6-5-17(25)13-19(22)26/h5-6,13,15-16,18H,7-12,14H2,1-4H3,(H,27,28). The van der Waals surface area contributed by atoms with E-state index in [1.54, 1.807) is 13.8 Å². The second-order valence-corrected chi connectivity index (χ2v) is 12.1. The minimum absolute atomic E-state index is 0.0569. The van der Waals surface area contributed by atoms with Crippen molar-refractivity contribution in [2.45, 2.75) is 70.9 Å². The van der Waals surface area contributed by atoms with Crippen molar-refractivity contribution < 1.29 is 21.9 Å². The number of benzene rings is 1. The van der Waals surface area contributed by atoms with Crippen LogP contribution in [0.5, 0.6) is 5.75 Å². The summed E-state index contributed by atoms with van der Waals surface area (Å²) in [5, 5.41) is 2.87. The Balaban J connectivity index is 1.51. The zero-order chi connectivity index (χ0) is 25.3. The molecular weight excluding hydrogens is 476 g/mol. The lowest BCUT2D eigenvalue weighted by molar-refractivity contribution is 0.163. The van der Waals surface area contributed by atoms with Crippen LogP contribution in [-0.4, -0.2) is 59.7 Å². The highest BCUT2D eigenvalue weighted by atomic mass is 32.2. The number of ether oxygens (including phenoxy) is 1. The number of hydrogen-bond acceptors (Lipinski definition) is 7. The average molecular weight is 510 g/mol. The van der Waals surface area contributed by atoms with E-state index in [1.807, 2.05) is 13.8 Å². The van der Waals surface area contributed by atoms with Gasteiger partial charge in [-0.2, -0.15) is 4.31 Å². The largest absolute Gasteiger partial charge is 0.487 e. The molecule has 0 unspecified atom stereocenters. The Morgan fingerprint density at radius 1 is 1.06 bits per heavy atom. The van der Waals surface area contributed by atoms with Crippen LogP contribution in [0, 0.1) is 11.6 Å². The second-order valence-electron chi connectivity index (χ2n) is 9.64. The molecule has 0 saturated carbocycles. The molecule has 3 heterocycles. The SMILES string of the molecule is CC(C)Nc1nc2c(nc1N1CCC(Oc3ccc(F)cc3F)CC1)CCN(S(=O)(=O)C(C)C)C2. The predicted molar refractivity (Wildman–Crippen MR) is 131 cm³/mol. The van der Waals surface area contributed by atoms with Gasteiger partial charge in [0.25, 0.3) is 0 Å². The Bertz CT molecular complexity index is 1170. The van der Waals surface area contributed by atoms with Gasteiger partial charge in [0.15, 0.2) is 23.2 Å². The van der Waals surface area contributed by atoms with Gasteiger partial charge in [0.1, 0.15) is 11.9 Å². The lowest BCUT2D eigenvalue weighted by atomic mass is 10.1. The first-order valence-electron chi connectivity index (χ1n) is 12.1. The summed E-state index contributed by atoms with van der Waals surface area (Å²) in [5.74, 6) is 0.0905. The predicted octanol–water partition coefficient (Wildman–Crippen LogP) is 3.72. The number of rotatable bonds is 7. The van der Waals surface area contributed by atoms with Gasteiger partial charge >= 0.3 is 0 Å². The molecule has 1 aromatic carbocycles. The summed E-state index contributed by atoms with van der Waals surface area (Å²) in [6, 6.07) is 3.44. The molecule has 2 aromatic rings. The van der Waals surface area contributed by atoms with Crippen molar-refractivity contribution in [1.29, 1.82) is 0 Å². The summed E-state index contributed by atoms with van der Waals surface area (Å²) in [4.78, 5) is 11.9. The molecular formula is C24H33F2N5O3S. The maximum atomic E-state index is 14.0. The number of anilines is 2. The maximum Gasteiger partial charge on any atom is 0.216 e. The second kappa shape index (κ2) is 10.2. The zero-order valence-electron chi connectivity index (χ0n) is 20.6. The molecule has 4 rings (SSSR count). The topological polar surface area (TPSA) is 87.7 Å². The smallest absolute Gasteiger partial charge is 0.216 e. The third-order valence-electron chi connectivity index (χ3n) is 6.27. The molecule has 8 nitrogen and oxygen atoms in total. The number of hydrogen-bond donors (Lipinski definition) is 1. The van der Waals surface area contributed by atoms with Gasteiger partial charge in [-0.25, -0.2) is 27.2 Å². The number of nitrogens with one attached hydrogen (secondary N) is 1. The monoisotopic (exact) mass is 509 g/mol. The number of nitrogens with zero attached hydrogens (tertiary/aromatic N) is 4. The average Bonchev–Trinajstić information content (AvgIpc) is 2.80. The lowest BCUT2D eigenvalue weighted by Gasteiger charge is -2.35. The summed E-state index contributed by atoms with van der Waals surface area (Å²) in [6.07, 6.45) is 1.62. The molecule has 2 aliphatic rings. The fourth-order valence-corrected chi connectivity index (χ4v) is 5.58. The van der Waals surface area contributed by atoms with Crippen LogP contribution in [0.25, 0.3) is 0 Å². The molecule has 1 fully saturated rings. The first kappa shape index (κ1) is 25.6. The van der Waals surface area contributed by atoms with Crippen LogP contribution >= 0.6 is 0 Å². The fourth-order valence-electron chi connectivity index (χ4n) is 4.34. The molecule has 2 aliphatic heterocycles. The molecule has 0 atom stereocenters. The van der Waals surface area contributed by atoms with Crippen molar-refractivity contribution in [3.05, 3.63) is 41.2 Å². The molecule has 0 radical (unpaired) electrons. The number of fused-ring (bicyclic) bond motifs is 1. The highest BCUT2D eigenvalue weighted by Gasteiger charge is 2.32. The summed E-state index contributed by atoms with van der Waals surface area (Å²) < 4.78 is 59.8. The van der Waals surface area contributed by atoms with Crippen LogP contribution in [-0.2, 0) is 23.0 Å². The lowest BCUT2D eigenvalue weighted by Crippen LogP contribution is -2.42. The first-order valence-corrected chi connectivity index (χ1v) is 13.6. The molecule has 11 heteroatoms. The zero-order valence-corrected chi connectivity index (χ0v) is 21.4. The Hall–Kier alpha value is -2.53. The first-order chi connectivity index (χ1) is 16.5. The Morgan fingerprint density at radius 2 is 1.77 bits per heavy atom. The number of piperidine rings is 1. The summed E-state index contributed by atoms with van der Waals surface area (Å²) in [6.45, 7) is 9.28. The third kappa shape index (κ3) is 5.66. The van der Waals surface area contributed by atoms with E-state index < -0.39 is 26.9 Å². The van der Waals surface area contributed by atoms with E-state index in [9.17, 15) is 17.2 Å². The highest BCUT2D eigenvalue weighted by Crippen LogP contribution is 2.31. The molecule has 1 aromatic heterocycles. The summed E-state index contributed by atoms with van der Waals surface area (Å²) in [5.41, 5.74) is 1.49. The molecule has 0 amide bonds. The Kier molecular flexibility index (Phi) is 7.46. The maximum absolute atomic E-state index is 14.0. The van der Waals surface area contributed by atoms with Crippen molar-refractivity contribution in [2.24, 2.45) is 0 Å². The van der Waals surface area contributed by atoms with Gasteiger partial charge < -0.3 is 15.0 Å². The van der Waals surface area contributed by atoms with E-state index in [2.05, 4.69) is 10.2 Å². The highest BCUT2D eigenvalue weighted by molar-refractivity contribution is 7.89. The number of sulfonamides is 1. The van der Waals surface area contributed by atoms with Crippen LogP contribution in [0.2, 0.25) is 0 Å². The third-order valence-corrected chi connectivity index (χ3v) is 8.49. The molecule has 0 aliphatic carbocycles. The van der Waals surface area contributed by atoms with Crippen LogP contribution in [0.15, 0.2) is 18.2 Å². The van der Waals surface area contributed by atoms with Gasteiger partial charge in [0.05, 0.1) is 23.2 Å². The normalized spacial score (nSPS) is 17.7. The molecule has 1 saturated heterocycles. The Labute approximate surface area is 205 Å². The quantitative estimate of drug-likeness (QED) is 0.609. The van der Waals surface area contributed by atoms with E-state index in [4.69, 9.17) is 14.7 Å². The van der Waals surface area contributed by atoms with Crippen molar-refractivity contribution >= 4 is 21.7 Å². The fraction of sp³-hybridized carbons (Fsp3) is 0.583. The summed E-state index contributed by atoms with van der Waals surface area (Å²) in [7, 11) is -3.37. The molecule has 192 valence electrons. The van der Waals surface area contributed by atoms with Gasteiger partial charge in [0.2, 0.25) is 10.0 Å². The summed E-state index contributed by atoms with van der Waals surface area (Å²) >= 11 is 0. The number of aromatic nitrogens is 2. The van der Waals surface area contributed by atoms with Crippen molar-refractivity contribution in [3.8, 4) is 5.75 Å². The van der Waals surface area contributed by atoms with E-state index in [1.165, 1.54) is 16.4 Å². The van der Waals surface area contributed by atoms with Crippen molar-refractivity contribution in [3.63, 3.8) is 0 Å². The van der Waals surface area contributed by atoms with Crippen LogP contribution in [0.3, 0.4) is 0 Å². The molecule has 35 heavy (non-hydrogen) atoms. The van der Waals surface area contributed by atoms with E-state index in [0.29, 0.717) is 50.4 Å². The van der Waals surface area contributed by atoms with Crippen LogP contribution in [0.1, 0.15) is 51.9 Å². The minimum Gasteiger partial charge on any atom is -0.487 e. The van der Waals surface area contributed by atoms with Crippen LogP contribution in [0.4, 0.5) is 20.4 Å². The van der Waals surface area contributed by atoms with E-state index >= 15 is 0 Å². The Morgan fingerprint density at radius 3 is 2.40 bits per heavy atom. The van der Waals surface area contributed by atoms with Gasteiger partial charge in [-0.15, -0.1) is 0 Å². The molecule has 0 spiro atoms. The van der Waals surface area contributed by atoms with Gasteiger partial charge in [0, 0.05) is 51.0 Å². The van der Waals surface area contributed by atoms with E-state index in [-0.39, 0.29) is 24.4 Å². The van der Waals surface area contributed by atoms with Gasteiger partial charge in [-0.1, -0.05) is 0 Å².